The number of benzene rings is 1. The maximum atomic E-state index is 12.5. The summed E-state index contributed by atoms with van der Waals surface area (Å²) in [7, 11) is 5.53. The molecule has 1 atom stereocenters. The van der Waals surface area contributed by atoms with E-state index in [-0.39, 0.29) is 10.5 Å². The van der Waals surface area contributed by atoms with Crippen molar-refractivity contribution in [2.75, 3.05) is 21.1 Å². The van der Waals surface area contributed by atoms with Gasteiger partial charge in [0.1, 0.15) is 17.1 Å². The van der Waals surface area contributed by atoms with Crippen LogP contribution in [0.1, 0.15) is 35.6 Å². The fourth-order valence-electron chi connectivity index (χ4n) is 2.78. The fourth-order valence-corrected chi connectivity index (χ4v) is 2.78. The average Bonchev–Trinajstić information content (AvgIpc) is 2.41. The van der Waals surface area contributed by atoms with Crippen LogP contribution in [0.25, 0.3) is 0 Å². The summed E-state index contributed by atoms with van der Waals surface area (Å²) in [6, 6.07) is 0. The molecule has 1 aliphatic rings. The van der Waals surface area contributed by atoms with E-state index in [1.54, 1.807) is 6.92 Å². The van der Waals surface area contributed by atoms with Gasteiger partial charge in [0.25, 0.3) is 0 Å². The maximum Gasteiger partial charge on any atom is 0.140 e. The van der Waals surface area contributed by atoms with Gasteiger partial charge in [-0.25, -0.2) is 4.59 Å². The molecule has 1 aromatic rings. The van der Waals surface area contributed by atoms with Crippen molar-refractivity contribution in [3.05, 3.63) is 22.3 Å². The first-order chi connectivity index (χ1) is 9.96. The van der Waals surface area contributed by atoms with E-state index in [0.29, 0.717) is 18.6 Å². The Morgan fingerprint density at radius 3 is 2.32 bits per heavy atom. The largest absolute Gasteiger partial charge is 0.855 e. The Morgan fingerprint density at radius 1 is 1.18 bits per heavy atom. The van der Waals surface area contributed by atoms with Crippen molar-refractivity contribution >= 4 is 5.90 Å². The summed E-state index contributed by atoms with van der Waals surface area (Å²) >= 11 is 0. The first-order valence-electron chi connectivity index (χ1n) is 7.56. The SMILES string of the molecule is Cc1c(C)c2c(c(C)c1O)CC[C@@](C)(/C([O-])=N/[N+](C)(C)C)O2. The summed E-state index contributed by atoms with van der Waals surface area (Å²) < 4.78 is 6.33. The molecule has 1 heterocycles. The third-order valence-electron chi connectivity index (χ3n) is 4.36. The van der Waals surface area contributed by atoms with Gasteiger partial charge in [-0.05, 0) is 57.2 Å². The summed E-state index contributed by atoms with van der Waals surface area (Å²) in [5, 5.41) is 26.9. The van der Waals surface area contributed by atoms with E-state index >= 15 is 0 Å². The minimum absolute atomic E-state index is 0.220. The van der Waals surface area contributed by atoms with Crippen LogP contribution in [0, 0.1) is 20.8 Å². The smallest absolute Gasteiger partial charge is 0.140 e. The quantitative estimate of drug-likeness (QED) is 0.392. The van der Waals surface area contributed by atoms with Crippen molar-refractivity contribution < 1.29 is 19.5 Å². The molecule has 1 N–H and O–H groups in total. The molecular formula is C17H26N2O3. The van der Waals surface area contributed by atoms with E-state index in [9.17, 15) is 10.2 Å². The van der Waals surface area contributed by atoms with Gasteiger partial charge in [-0.1, -0.05) is 5.10 Å². The molecule has 0 spiro atoms. The van der Waals surface area contributed by atoms with Crippen molar-refractivity contribution in [3.63, 3.8) is 0 Å². The van der Waals surface area contributed by atoms with Crippen molar-refractivity contribution in [3.8, 4) is 11.5 Å². The normalized spacial score (nSPS) is 22.2. The lowest BCUT2D eigenvalue weighted by Gasteiger charge is -2.41. The van der Waals surface area contributed by atoms with Crippen LogP contribution in [0.3, 0.4) is 0 Å². The minimum Gasteiger partial charge on any atom is -0.855 e. The summed E-state index contributed by atoms with van der Waals surface area (Å²) in [5.41, 5.74) is 2.59. The Kier molecular flexibility index (Phi) is 3.90. The molecule has 0 bridgehead atoms. The summed E-state index contributed by atoms with van der Waals surface area (Å²) in [5.74, 6) is 0.811. The first kappa shape index (κ1) is 16.6. The van der Waals surface area contributed by atoms with Crippen LogP contribution < -0.4 is 9.84 Å². The maximum absolute atomic E-state index is 12.5. The molecule has 0 saturated heterocycles. The molecule has 2 rings (SSSR count). The van der Waals surface area contributed by atoms with Gasteiger partial charge in [-0.2, -0.15) is 0 Å². The van der Waals surface area contributed by atoms with Crippen LogP contribution in [0.5, 0.6) is 11.5 Å². The lowest BCUT2D eigenvalue weighted by Crippen LogP contribution is -2.52. The molecule has 1 aromatic carbocycles. The van der Waals surface area contributed by atoms with Gasteiger partial charge in [-0.3, -0.25) is 0 Å². The van der Waals surface area contributed by atoms with E-state index in [0.717, 1.165) is 28.0 Å². The molecule has 5 heteroatoms. The number of fused-ring (bicyclic) bond motifs is 1. The second kappa shape index (κ2) is 5.16. The molecule has 0 radical (unpaired) electrons. The number of phenolic OH excluding ortho intramolecular Hbond substituents is 1. The van der Waals surface area contributed by atoms with Crippen LogP contribution in [-0.4, -0.2) is 42.3 Å². The molecule has 0 saturated carbocycles. The predicted octanol–water partition coefficient (Wildman–Crippen LogP) is 1.78. The third-order valence-corrected chi connectivity index (χ3v) is 4.36. The van der Waals surface area contributed by atoms with E-state index in [1.165, 1.54) is 0 Å². The molecule has 0 aromatic heterocycles. The number of nitrogens with zero attached hydrogens (tertiary/aromatic N) is 2. The highest BCUT2D eigenvalue weighted by Crippen LogP contribution is 2.43. The van der Waals surface area contributed by atoms with E-state index in [4.69, 9.17) is 4.74 Å². The van der Waals surface area contributed by atoms with Gasteiger partial charge in [-0.15, -0.1) is 0 Å². The number of quaternary nitrogens is 1. The Balaban J connectivity index is 2.50. The Labute approximate surface area is 132 Å². The highest BCUT2D eigenvalue weighted by molar-refractivity contribution is 5.81. The van der Waals surface area contributed by atoms with Crippen LogP contribution in [0.15, 0.2) is 5.10 Å². The van der Waals surface area contributed by atoms with Crippen LogP contribution in [0.2, 0.25) is 0 Å². The van der Waals surface area contributed by atoms with Gasteiger partial charge < -0.3 is 14.9 Å². The first-order valence-corrected chi connectivity index (χ1v) is 7.56. The number of rotatable bonds is 2. The zero-order valence-corrected chi connectivity index (χ0v) is 14.6. The van der Waals surface area contributed by atoms with Gasteiger partial charge >= 0.3 is 0 Å². The molecule has 122 valence electrons. The van der Waals surface area contributed by atoms with Crippen LogP contribution >= 0.6 is 0 Å². The standard InChI is InChI=1S/C17H26N2O3/c1-10-11(2)15-13(12(3)14(10)20)8-9-17(4,22-15)16(21)18-19(5,6)7/h8-9H2,1-7H3,(H-,18,20,21)/t17-/m0/s1. The Morgan fingerprint density at radius 2 is 1.77 bits per heavy atom. The highest BCUT2D eigenvalue weighted by Gasteiger charge is 2.36. The second-order valence-corrected chi connectivity index (χ2v) is 7.21. The van der Waals surface area contributed by atoms with E-state index < -0.39 is 5.60 Å². The predicted molar refractivity (Wildman–Crippen MR) is 85.1 cm³/mol. The van der Waals surface area contributed by atoms with Gasteiger partial charge in [0, 0.05) is 5.56 Å². The average molecular weight is 306 g/mol. The van der Waals surface area contributed by atoms with Crippen molar-refractivity contribution in [2.24, 2.45) is 5.10 Å². The van der Waals surface area contributed by atoms with Crippen LogP contribution in [-0.2, 0) is 6.42 Å². The van der Waals surface area contributed by atoms with E-state index in [1.807, 2.05) is 41.9 Å². The molecule has 0 aliphatic carbocycles. The molecule has 0 unspecified atom stereocenters. The highest BCUT2D eigenvalue weighted by atomic mass is 16.5. The van der Waals surface area contributed by atoms with Gasteiger partial charge in [0.05, 0.1) is 27.0 Å². The number of hydrogen-bond acceptors (Lipinski definition) is 4. The second-order valence-electron chi connectivity index (χ2n) is 7.21. The van der Waals surface area contributed by atoms with E-state index in [2.05, 4.69) is 5.10 Å². The van der Waals surface area contributed by atoms with Gasteiger partial charge in [0.15, 0.2) is 0 Å². The van der Waals surface area contributed by atoms with Gasteiger partial charge in [0.2, 0.25) is 0 Å². The van der Waals surface area contributed by atoms with Crippen LogP contribution in [0.4, 0.5) is 0 Å². The van der Waals surface area contributed by atoms with Crippen molar-refractivity contribution in [2.45, 2.75) is 46.1 Å². The summed E-state index contributed by atoms with van der Waals surface area (Å²) in [4.78, 5) is 0. The Bertz CT molecular complexity index is 645. The lowest BCUT2D eigenvalue weighted by atomic mass is 9.87. The number of ether oxygens (including phenoxy) is 1. The summed E-state index contributed by atoms with van der Waals surface area (Å²) in [6.07, 6.45) is 1.26. The molecule has 0 amide bonds. The Hall–Kier alpha value is -1.75. The fraction of sp³-hybridized carbons (Fsp3) is 0.588. The molecule has 1 aliphatic heterocycles. The van der Waals surface area contributed by atoms with Crippen molar-refractivity contribution in [1.82, 2.24) is 0 Å². The topological polar surface area (TPSA) is 64.9 Å². The molecule has 22 heavy (non-hydrogen) atoms. The minimum atomic E-state index is -0.945. The zero-order valence-electron chi connectivity index (χ0n) is 14.6. The number of phenols is 1. The number of aromatic hydroxyl groups is 1. The third kappa shape index (κ3) is 2.77. The zero-order chi connectivity index (χ0) is 16.9. The number of hydrogen-bond donors (Lipinski definition) is 1. The van der Waals surface area contributed by atoms with Crippen molar-refractivity contribution in [1.29, 1.82) is 0 Å². The molecule has 0 fully saturated rings. The summed E-state index contributed by atoms with van der Waals surface area (Å²) in [6.45, 7) is 7.48. The molecular weight excluding hydrogens is 280 g/mol. The monoisotopic (exact) mass is 306 g/mol. The molecule has 5 nitrogen and oxygen atoms in total. The lowest BCUT2D eigenvalue weighted by molar-refractivity contribution is -0.878.